The number of rotatable bonds is 2. The molecule has 1 aromatic carbocycles. The van der Waals surface area contributed by atoms with Crippen molar-refractivity contribution >= 4 is 34.0 Å². The Bertz CT molecular complexity index is 811. The summed E-state index contributed by atoms with van der Waals surface area (Å²) in [5.74, 6) is 0. The van der Waals surface area contributed by atoms with Gasteiger partial charge in [0, 0.05) is 0 Å². The highest BCUT2D eigenvalue weighted by molar-refractivity contribution is 7.05. The molecule has 19 heavy (non-hydrogen) atoms. The van der Waals surface area contributed by atoms with E-state index in [1.54, 1.807) is 18.2 Å². The van der Waals surface area contributed by atoms with Crippen molar-refractivity contribution in [2.45, 2.75) is 13.5 Å². The van der Waals surface area contributed by atoms with Gasteiger partial charge in [-0.2, -0.15) is 0 Å². The molecule has 0 N–H and O–H groups in total. The molecular weight excluding hydrogens is 284 g/mol. The van der Waals surface area contributed by atoms with Crippen LogP contribution in [0.3, 0.4) is 0 Å². The Labute approximate surface area is 117 Å². The molecule has 3 aromatic rings. The topological polar surface area (TPSA) is 60.7 Å². The third kappa shape index (κ3) is 2.13. The van der Waals surface area contributed by atoms with Gasteiger partial charge < -0.3 is 0 Å². The van der Waals surface area contributed by atoms with Crippen LogP contribution in [0.1, 0.15) is 10.6 Å². The molecule has 96 valence electrons. The lowest BCUT2D eigenvalue weighted by Gasteiger charge is -2.06. The molecule has 0 aliphatic carbocycles. The number of halogens is 1. The highest BCUT2D eigenvalue weighted by atomic mass is 35.5. The van der Waals surface area contributed by atoms with Gasteiger partial charge in [-0.15, -0.1) is 5.10 Å². The van der Waals surface area contributed by atoms with Crippen molar-refractivity contribution < 1.29 is 0 Å². The molecule has 0 saturated heterocycles. The van der Waals surface area contributed by atoms with Crippen LogP contribution < -0.4 is 5.56 Å². The third-order valence-corrected chi connectivity index (χ3v) is 3.99. The monoisotopic (exact) mass is 292 g/mol. The second-order valence-corrected chi connectivity index (χ2v) is 5.34. The minimum absolute atomic E-state index is 0.150. The first-order valence-corrected chi connectivity index (χ1v) is 6.73. The Morgan fingerprint density at radius 3 is 3.00 bits per heavy atom. The standard InChI is InChI=1S/C12H9ClN4OS/c1-7-10(19-16-15-7)5-17-6-14-9-4-2-3-8(13)11(9)12(17)18/h2-4,6H,5H2,1H3. The number of fused-ring (bicyclic) bond motifs is 1. The van der Waals surface area contributed by atoms with Gasteiger partial charge in [0.15, 0.2) is 0 Å². The molecular formula is C12H9ClN4OS. The number of hydrogen-bond acceptors (Lipinski definition) is 5. The van der Waals surface area contributed by atoms with Gasteiger partial charge in [-0.05, 0) is 30.6 Å². The second kappa shape index (κ2) is 4.71. The Morgan fingerprint density at radius 2 is 2.26 bits per heavy atom. The molecule has 0 spiro atoms. The van der Waals surface area contributed by atoms with Gasteiger partial charge in [-0.25, -0.2) is 4.98 Å². The van der Waals surface area contributed by atoms with E-state index in [1.807, 2.05) is 6.92 Å². The summed E-state index contributed by atoms with van der Waals surface area (Å²) in [5, 5.41) is 4.80. The van der Waals surface area contributed by atoms with Crippen molar-refractivity contribution in [2.24, 2.45) is 0 Å². The average Bonchev–Trinajstić information content (AvgIpc) is 2.79. The fourth-order valence-electron chi connectivity index (χ4n) is 1.82. The zero-order valence-electron chi connectivity index (χ0n) is 10.00. The van der Waals surface area contributed by atoms with Crippen LogP contribution in [0.15, 0.2) is 29.3 Å². The van der Waals surface area contributed by atoms with Gasteiger partial charge in [-0.1, -0.05) is 22.2 Å². The van der Waals surface area contributed by atoms with E-state index >= 15 is 0 Å². The van der Waals surface area contributed by atoms with Gasteiger partial charge in [-0.3, -0.25) is 9.36 Å². The molecule has 0 amide bonds. The maximum Gasteiger partial charge on any atom is 0.263 e. The molecule has 0 fully saturated rings. The number of benzene rings is 1. The molecule has 0 atom stereocenters. The molecule has 0 aliphatic heterocycles. The van der Waals surface area contributed by atoms with E-state index in [9.17, 15) is 4.79 Å². The van der Waals surface area contributed by atoms with Crippen molar-refractivity contribution in [3.8, 4) is 0 Å². The van der Waals surface area contributed by atoms with Crippen molar-refractivity contribution in [1.29, 1.82) is 0 Å². The zero-order chi connectivity index (χ0) is 13.4. The summed E-state index contributed by atoms with van der Waals surface area (Å²) < 4.78 is 5.38. The van der Waals surface area contributed by atoms with Crippen LogP contribution in [0.2, 0.25) is 5.02 Å². The molecule has 0 aliphatic rings. The predicted octanol–water partition coefficient (Wildman–Crippen LogP) is 2.26. The molecule has 3 rings (SSSR count). The molecule has 0 radical (unpaired) electrons. The van der Waals surface area contributed by atoms with Crippen LogP contribution in [-0.4, -0.2) is 19.1 Å². The van der Waals surface area contributed by atoms with E-state index in [-0.39, 0.29) is 5.56 Å². The quantitative estimate of drug-likeness (QED) is 0.727. The highest BCUT2D eigenvalue weighted by Gasteiger charge is 2.10. The number of aryl methyl sites for hydroxylation is 1. The minimum Gasteiger partial charge on any atom is -0.293 e. The van der Waals surface area contributed by atoms with Crippen molar-refractivity contribution in [2.75, 3.05) is 0 Å². The van der Waals surface area contributed by atoms with Gasteiger partial charge in [0.1, 0.15) is 0 Å². The third-order valence-electron chi connectivity index (χ3n) is 2.86. The van der Waals surface area contributed by atoms with E-state index in [2.05, 4.69) is 14.6 Å². The minimum atomic E-state index is -0.150. The summed E-state index contributed by atoms with van der Waals surface area (Å²) >= 11 is 7.35. The van der Waals surface area contributed by atoms with Crippen LogP contribution in [0.5, 0.6) is 0 Å². The predicted molar refractivity (Wildman–Crippen MR) is 74.8 cm³/mol. The summed E-state index contributed by atoms with van der Waals surface area (Å²) in [4.78, 5) is 17.6. The molecule has 0 saturated carbocycles. The largest absolute Gasteiger partial charge is 0.293 e. The van der Waals surface area contributed by atoms with Crippen molar-refractivity contribution in [3.05, 3.63) is 50.5 Å². The summed E-state index contributed by atoms with van der Waals surface area (Å²) in [6.07, 6.45) is 1.53. The summed E-state index contributed by atoms with van der Waals surface area (Å²) in [5.41, 5.74) is 1.28. The van der Waals surface area contributed by atoms with E-state index in [1.165, 1.54) is 22.4 Å². The Morgan fingerprint density at radius 1 is 1.42 bits per heavy atom. The Balaban J connectivity index is 2.16. The molecule has 5 nitrogen and oxygen atoms in total. The SMILES string of the molecule is Cc1nnsc1Cn1cnc2cccc(Cl)c2c1=O. The van der Waals surface area contributed by atoms with E-state index in [0.29, 0.717) is 22.5 Å². The van der Waals surface area contributed by atoms with E-state index < -0.39 is 0 Å². The van der Waals surface area contributed by atoms with Crippen LogP contribution in [0.25, 0.3) is 10.9 Å². The Hall–Kier alpha value is -1.79. The first-order chi connectivity index (χ1) is 9.16. The molecule has 0 bridgehead atoms. The van der Waals surface area contributed by atoms with Crippen LogP contribution in [0.4, 0.5) is 0 Å². The van der Waals surface area contributed by atoms with Crippen LogP contribution in [0, 0.1) is 6.92 Å². The molecule has 7 heteroatoms. The lowest BCUT2D eigenvalue weighted by Crippen LogP contribution is -2.21. The summed E-state index contributed by atoms with van der Waals surface area (Å²) in [6.45, 7) is 2.28. The van der Waals surface area contributed by atoms with Gasteiger partial charge in [0.2, 0.25) is 0 Å². The van der Waals surface area contributed by atoms with Crippen LogP contribution >= 0.6 is 23.1 Å². The average molecular weight is 293 g/mol. The first kappa shape index (κ1) is 12.3. The lowest BCUT2D eigenvalue weighted by molar-refractivity contribution is 0.752. The normalized spacial score (nSPS) is 11.1. The lowest BCUT2D eigenvalue weighted by atomic mass is 10.2. The number of hydrogen-bond donors (Lipinski definition) is 0. The highest BCUT2D eigenvalue weighted by Crippen LogP contribution is 2.18. The first-order valence-electron chi connectivity index (χ1n) is 5.58. The second-order valence-electron chi connectivity index (χ2n) is 4.09. The zero-order valence-corrected chi connectivity index (χ0v) is 11.6. The molecule has 2 aromatic heterocycles. The maximum atomic E-state index is 12.4. The van der Waals surface area contributed by atoms with Crippen molar-refractivity contribution in [1.82, 2.24) is 19.1 Å². The fraction of sp³-hybridized carbons (Fsp3) is 0.167. The van der Waals surface area contributed by atoms with Gasteiger partial charge in [0.25, 0.3) is 5.56 Å². The number of nitrogens with zero attached hydrogens (tertiary/aromatic N) is 4. The van der Waals surface area contributed by atoms with Crippen molar-refractivity contribution in [3.63, 3.8) is 0 Å². The van der Waals surface area contributed by atoms with Gasteiger partial charge >= 0.3 is 0 Å². The summed E-state index contributed by atoms with van der Waals surface area (Å²) in [7, 11) is 0. The smallest absolute Gasteiger partial charge is 0.263 e. The Kier molecular flexibility index (Phi) is 3.04. The number of aromatic nitrogens is 4. The van der Waals surface area contributed by atoms with Crippen LogP contribution in [-0.2, 0) is 6.54 Å². The fourth-order valence-corrected chi connectivity index (χ4v) is 2.71. The van der Waals surface area contributed by atoms with E-state index in [0.717, 1.165) is 10.6 Å². The van der Waals surface area contributed by atoms with E-state index in [4.69, 9.17) is 11.6 Å². The molecule has 0 unspecified atom stereocenters. The maximum absolute atomic E-state index is 12.4. The van der Waals surface area contributed by atoms with Gasteiger partial charge in [0.05, 0.1) is 39.4 Å². The molecule has 2 heterocycles. The summed E-state index contributed by atoms with van der Waals surface area (Å²) in [6, 6.07) is 5.24.